The molecule has 378 valence electrons. The molecule has 0 aliphatic carbocycles. The van der Waals surface area contributed by atoms with Gasteiger partial charge in [0.15, 0.2) is 0 Å². The van der Waals surface area contributed by atoms with E-state index in [0.29, 0.717) is 0 Å². The van der Waals surface area contributed by atoms with Crippen LogP contribution in [0.5, 0.6) is 0 Å². The average molecular weight is 1040 g/mol. The number of hydrogen-bond acceptors (Lipinski definition) is 0. The monoisotopic (exact) mass is 1030 g/mol. The second-order valence-corrected chi connectivity index (χ2v) is 22.2. The molecule has 0 aliphatic rings. The van der Waals surface area contributed by atoms with E-state index in [2.05, 4.69) is 303 Å². The quantitative estimate of drug-likeness (QED) is 0.133. The second kappa shape index (κ2) is 18.5. The van der Waals surface area contributed by atoms with Gasteiger partial charge in [0.25, 0.3) is 0 Å². The molecule has 0 heterocycles. The Morgan fingerprint density at radius 3 is 0.683 bits per heavy atom. The standard InChI is InChI=1S/C82H50/c1-3-14-67-53(8-1)10-6-16-69(67)55-26-30-59(31-27-55)73-44-36-63-38-46-75-71(42-34-61-40-48-77(73)81(63)79(61)75)57-22-18-51(19-23-57)65-12-5-13-66(50-65)52-20-24-58(25-21-52)72-43-35-62-41-49-78-74(45-37-64-39-47-76(72)80(62)82(64)78)60-32-28-56(29-33-60)70-17-7-11-54-9-2-4-15-68(54)70/h1-50H. The Bertz CT molecular complexity index is 4990. The topological polar surface area (TPSA) is 0 Å². The first-order valence-electron chi connectivity index (χ1n) is 28.5. The summed E-state index contributed by atoms with van der Waals surface area (Å²) in [6.07, 6.45) is 0. The van der Waals surface area contributed by atoms with Crippen molar-refractivity contribution in [1.29, 1.82) is 0 Å². The molecule has 0 atom stereocenters. The highest BCUT2D eigenvalue weighted by molar-refractivity contribution is 6.29. The Morgan fingerprint density at radius 1 is 0.122 bits per heavy atom. The largest absolute Gasteiger partial charge is 0.0616 e. The van der Waals surface area contributed by atoms with Gasteiger partial charge < -0.3 is 0 Å². The molecule has 0 heteroatoms. The van der Waals surface area contributed by atoms with Crippen molar-refractivity contribution >= 4 is 86.2 Å². The van der Waals surface area contributed by atoms with Crippen molar-refractivity contribution in [2.24, 2.45) is 0 Å². The fraction of sp³-hybridized carbons (Fsp3) is 0. The van der Waals surface area contributed by atoms with Crippen LogP contribution in [0.4, 0.5) is 0 Å². The zero-order chi connectivity index (χ0) is 53.8. The average Bonchev–Trinajstić information content (AvgIpc) is 3.09. The SMILES string of the molecule is c1cc(-c2ccc(-c3ccc4ccc5c(-c6ccc(-c7cccc8ccccc78)cc6)ccc6ccc3c4c65)cc2)cc(-c2ccc(-c3ccc4ccc5c(-c6ccc(-c7cccc8ccccc78)cc6)ccc6ccc3c4c65)cc2)c1. The van der Waals surface area contributed by atoms with Crippen LogP contribution in [0.1, 0.15) is 0 Å². The molecule has 0 aromatic heterocycles. The lowest BCUT2D eigenvalue weighted by Gasteiger charge is -2.17. The van der Waals surface area contributed by atoms with E-state index in [1.807, 2.05) is 0 Å². The summed E-state index contributed by atoms with van der Waals surface area (Å²) in [5.74, 6) is 0. The molecule has 17 rings (SSSR count). The predicted octanol–water partition coefficient (Wildman–Crippen LogP) is 23.1. The Labute approximate surface area is 475 Å². The summed E-state index contributed by atoms with van der Waals surface area (Å²) in [6, 6.07) is 113. The molecule has 0 fully saturated rings. The lowest BCUT2D eigenvalue weighted by atomic mass is 9.86. The lowest BCUT2D eigenvalue weighted by Crippen LogP contribution is -1.90. The number of fused-ring (bicyclic) bond motifs is 2. The van der Waals surface area contributed by atoms with Gasteiger partial charge in [-0.2, -0.15) is 0 Å². The highest BCUT2D eigenvalue weighted by Gasteiger charge is 2.18. The summed E-state index contributed by atoms with van der Waals surface area (Å²) in [7, 11) is 0. The summed E-state index contributed by atoms with van der Waals surface area (Å²) in [6.45, 7) is 0. The first kappa shape index (κ1) is 46.3. The van der Waals surface area contributed by atoms with E-state index >= 15 is 0 Å². The van der Waals surface area contributed by atoms with Crippen molar-refractivity contribution < 1.29 is 0 Å². The summed E-state index contributed by atoms with van der Waals surface area (Å²) in [4.78, 5) is 0. The van der Waals surface area contributed by atoms with Crippen LogP contribution in [0.15, 0.2) is 303 Å². The molecule has 0 spiro atoms. The first-order chi connectivity index (χ1) is 40.6. The van der Waals surface area contributed by atoms with Crippen LogP contribution in [0.2, 0.25) is 0 Å². The third kappa shape index (κ3) is 7.39. The zero-order valence-corrected chi connectivity index (χ0v) is 44.9. The smallest absolute Gasteiger partial charge is 0.00203 e. The van der Waals surface area contributed by atoms with Gasteiger partial charge >= 0.3 is 0 Å². The number of benzene rings is 17. The van der Waals surface area contributed by atoms with Gasteiger partial charge in [0.2, 0.25) is 0 Å². The molecule has 0 saturated carbocycles. The molecular weight excluding hydrogens is 985 g/mol. The van der Waals surface area contributed by atoms with Crippen molar-refractivity contribution in [3.05, 3.63) is 303 Å². The Hall–Kier alpha value is -10.7. The summed E-state index contributed by atoms with van der Waals surface area (Å²) < 4.78 is 0. The summed E-state index contributed by atoms with van der Waals surface area (Å²) >= 11 is 0. The van der Waals surface area contributed by atoms with Gasteiger partial charge in [-0.3, -0.25) is 0 Å². The molecule has 0 N–H and O–H groups in total. The van der Waals surface area contributed by atoms with Crippen LogP contribution >= 0.6 is 0 Å². The molecule has 0 amide bonds. The van der Waals surface area contributed by atoms with Gasteiger partial charge in [0.1, 0.15) is 0 Å². The normalized spacial score (nSPS) is 11.9. The summed E-state index contributed by atoms with van der Waals surface area (Å²) in [5, 5.41) is 20.6. The van der Waals surface area contributed by atoms with Crippen LogP contribution in [0.25, 0.3) is 175 Å². The van der Waals surface area contributed by atoms with E-state index in [9.17, 15) is 0 Å². The van der Waals surface area contributed by atoms with Crippen LogP contribution in [-0.4, -0.2) is 0 Å². The Kier molecular flexibility index (Phi) is 10.4. The van der Waals surface area contributed by atoms with Gasteiger partial charge in [-0.05, 0) is 181 Å². The Balaban J connectivity index is 0.654. The molecule has 17 aromatic rings. The first-order valence-corrected chi connectivity index (χ1v) is 28.5. The molecule has 0 saturated heterocycles. The minimum Gasteiger partial charge on any atom is -0.0616 e. The van der Waals surface area contributed by atoms with Crippen molar-refractivity contribution in [1.82, 2.24) is 0 Å². The van der Waals surface area contributed by atoms with Crippen molar-refractivity contribution in [2.75, 3.05) is 0 Å². The minimum atomic E-state index is 1.20. The molecule has 0 nitrogen and oxygen atoms in total. The van der Waals surface area contributed by atoms with Gasteiger partial charge in [0, 0.05) is 0 Å². The Morgan fingerprint density at radius 2 is 0.366 bits per heavy atom. The maximum Gasteiger partial charge on any atom is -0.00203 e. The lowest BCUT2D eigenvalue weighted by molar-refractivity contribution is 1.58. The van der Waals surface area contributed by atoms with Crippen molar-refractivity contribution in [3.8, 4) is 89.0 Å². The van der Waals surface area contributed by atoms with Gasteiger partial charge in [-0.25, -0.2) is 0 Å². The summed E-state index contributed by atoms with van der Waals surface area (Å²) in [5.41, 5.74) is 19.7. The minimum absolute atomic E-state index is 1.20. The van der Waals surface area contributed by atoms with E-state index in [-0.39, 0.29) is 0 Å². The fourth-order valence-electron chi connectivity index (χ4n) is 13.8. The van der Waals surface area contributed by atoms with Crippen LogP contribution in [-0.2, 0) is 0 Å². The van der Waals surface area contributed by atoms with Crippen LogP contribution < -0.4 is 0 Å². The zero-order valence-electron chi connectivity index (χ0n) is 44.9. The maximum absolute atomic E-state index is 2.33. The highest BCUT2D eigenvalue weighted by atomic mass is 14.2. The van der Waals surface area contributed by atoms with Crippen LogP contribution in [0.3, 0.4) is 0 Å². The number of rotatable bonds is 8. The molecule has 0 radical (unpaired) electrons. The number of hydrogen-bond donors (Lipinski definition) is 0. The molecule has 0 aliphatic heterocycles. The molecular formula is C82H50. The van der Waals surface area contributed by atoms with Crippen molar-refractivity contribution in [2.45, 2.75) is 0 Å². The van der Waals surface area contributed by atoms with E-state index < -0.39 is 0 Å². The van der Waals surface area contributed by atoms with Gasteiger partial charge in [-0.1, -0.05) is 297 Å². The molecule has 0 bridgehead atoms. The third-order valence-electron chi connectivity index (χ3n) is 17.8. The predicted molar refractivity (Wildman–Crippen MR) is 352 cm³/mol. The highest BCUT2D eigenvalue weighted by Crippen LogP contribution is 2.46. The van der Waals surface area contributed by atoms with Gasteiger partial charge in [0.05, 0.1) is 0 Å². The van der Waals surface area contributed by atoms with Gasteiger partial charge in [-0.15, -0.1) is 0 Å². The van der Waals surface area contributed by atoms with E-state index in [1.54, 1.807) is 0 Å². The van der Waals surface area contributed by atoms with Crippen molar-refractivity contribution in [3.63, 3.8) is 0 Å². The fourth-order valence-corrected chi connectivity index (χ4v) is 13.8. The van der Waals surface area contributed by atoms with E-state index in [1.165, 1.54) is 175 Å². The molecule has 17 aromatic carbocycles. The molecule has 0 unspecified atom stereocenters. The molecule has 82 heavy (non-hydrogen) atoms. The maximum atomic E-state index is 2.33. The second-order valence-electron chi connectivity index (χ2n) is 22.2. The van der Waals surface area contributed by atoms with E-state index in [0.717, 1.165) is 0 Å². The van der Waals surface area contributed by atoms with Crippen LogP contribution in [0, 0.1) is 0 Å². The van der Waals surface area contributed by atoms with E-state index in [4.69, 9.17) is 0 Å². The third-order valence-corrected chi connectivity index (χ3v) is 17.8.